The molecule has 1 aromatic rings. The van der Waals surface area contributed by atoms with Gasteiger partial charge in [-0.05, 0) is 31.0 Å². The molecule has 6 heteroatoms. The lowest BCUT2D eigenvalue weighted by Crippen LogP contribution is -2.32. The van der Waals surface area contributed by atoms with Gasteiger partial charge in [0.25, 0.3) is 0 Å². The van der Waals surface area contributed by atoms with Crippen LogP contribution in [0.4, 0.5) is 0 Å². The molecular formula is C12H18N2O3S. The van der Waals surface area contributed by atoms with Crippen molar-refractivity contribution >= 4 is 10.0 Å². The van der Waals surface area contributed by atoms with Crippen LogP contribution >= 0.6 is 0 Å². The topological polar surface area (TPSA) is 72.6 Å². The van der Waals surface area contributed by atoms with Gasteiger partial charge in [-0.15, -0.1) is 0 Å². The number of rotatable bonds is 3. The lowest BCUT2D eigenvalue weighted by atomic mass is 10.2. The Kier molecular flexibility index (Phi) is 3.61. The normalized spacial score (nSPS) is 21.2. The van der Waals surface area contributed by atoms with E-state index in [2.05, 4.69) is 0 Å². The summed E-state index contributed by atoms with van der Waals surface area (Å²) in [7, 11) is -2.04. The zero-order valence-corrected chi connectivity index (χ0v) is 11.4. The molecule has 0 radical (unpaired) electrons. The monoisotopic (exact) mass is 270 g/mol. The molecule has 0 aliphatic carbocycles. The zero-order valence-electron chi connectivity index (χ0n) is 10.6. The van der Waals surface area contributed by atoms with Crippen LogP contribution in [0.1, 0.15) is 12.0 Å². The second kappa shape index (κ2) is 4.87. The van der Waals surface area contributed by atoms with Gasteiger partial charge >= 0.3 is 0 Å². The van der Waals surface area contributed by atoms with E-state index < -0.39 is 10.0 Å². The van der Waals surface area contributed by atoms with Crippen LogP contribution in [-0.4, -0.2) is 39.0 Å². The highest BCUT2D eigenvalue weighted by Gasteiger charge is 2.32. The minimum atomic E-state index is -3.51. The van der Waals surface area contributed by atoms with Crippen LogP contribution in [0, 0.1) is 6.92 Å². The van der Waals surface area contributed by atoms with E-state index in [0.717, 1.165) is 5.56 Å². The molecule has 18 heavy (non-hydrogen) atoms. The number of aryl methyl sites for hydroxylation is 1. The molecule has 1 heterocycles. The molecule has 1 atom stereocenters. The molecule has 1 aliphatic heterocycles. The molecule has 1 saturated heterocycles. The predicted octanol–water partition coefficient (Wildman–Crippen LogP) is 0.725. The Labute approximate surface area is 108 Å². The van der Waals surface area contributed by atoms with Gasteiger partial charge in [-0.3, -0.25) is 0 Å². The van der Waals surface area contributed by atoms with Crippen LogP contribution in [0.2, 0.25) is 0 Å². The molecule has 5 nitrogen and oxygen atoms in total. The quantitative estimate of drug-likeness (QED) is 0.878. The maximum atomic E-state index is 12.5. The van der Waals surface area contributed by atoms with Gasteiger partial charge in [0.15, 0.2) is 0 Å². The molecule has 2 rings (SSSR count). The first-order chi connectivity index (χ1) is 8.45. The molecule has 1 unspecified atom stereocenters. The van der Waals surface area contributed by atoms with Crippen molar-refractivity contribution in [2.75, 3.05) is 20.2 Å². The predicted molar refractivity (Wildman–Crippen MR) is 69.1 cm³/mol. The Bertz CT molecular complexity index is 542. The summed E-state index contributed by atoms with van der Waals surface area (Å²) < 4.78 is 31.6. The third-order valence-electron chi connectivity index (χ3n) is 3.12. The van der Waals surface area contributed by atoms with Crippen molar-refractivity contribution in [3.8, 4) is 5.75 Å². The zero-order chi connectivity index (χ0) is 13.3. The standard InChI is InChI=1S/C12H18N2O3S/c1-9-3-4-11(17-2)12(7-9)18(15,16)14-6-5-10(13)8-14/h3-4,7,10H,5-6,8,13H2,1-2H3. The number of ether oxygens (including phenoxy) is 1. The molecule has 0 spiro atoms. The first kappa shape index (κ1) is 13.3. The summed E-state index contributed by atoms with van der Waals surface area (Å²) in [4.78, 5) is 0.221. The van der Waals surface area contributed by atoms with Crippen molar-refractivity contribution in [1.29, 1.82) is 0 Å². The van der Waals surface area contributed by atoms with E-state index in [1.54, 1.807) is 12.1 Å². The van der Waals surface area contributed by atoms with Crippen LogP contribution in [0.15, 0.2) is 23.1 Å². The van der Waals surface area contributed by atoms with Gasteiger partial charge in [0, 0.05) is 19.1 Å². The summed E-state index contributed by atoms with van der Waals surface area (Å²) in [5.74, 6) is 0.376. The Morgan fingerprint density at radius 2 is 2.17 bits per heavy atom. The fourth-order valence-electron chi connectivity index (χ4n) is 2.10. The maximum Gasteiger partial charge on any atom is 0.246 e. The largest absolute Gasteiger partial charge is 0.495 e. The first-order valence-corrected chi connectivity index (χ1v) is 7.29. The van der Waals surface area contributed by atoms with Crippen molar-refractivity contribution in [2.45, 2.75) is 24.3 Å². The second-order valence-corrected chi connectivity index (χ2v) is 6.47. The summed E-state index contributed by atoms with van der Waals surface area (Å²) in [6, 6.07) is 5.07. The van der Waals surface area contributed by atoms with E-state index in [1.807, 2.05) is 13.0 Å². The lowest BCUT2D eigenvalue weighted by Gasteiger charge is -2.18. The highest BCUT2D eigenvalue weighted by Crippen LogP contribution is 2.29. The fraction of sp³-hybridized carbons (Fsp3) is 0.500. The van der Waals surface area contributed by atoms with E-state index in [-0.39, 0.29) is 10.9 Å². The molecule has 2 N–H and O–H groups in total. The van der Waals surface area contributed by atoms with E-state index in [0.29, 0.717) is 25.3 Å². The highest BCUT2D eigenvalue weighted by atomic mass is 32.2. The minimum Gasteiger partial charge on any atom is -0.495 e. The fourth-order valence-corrected chi connectivity index (χ4v) is 3.85. The summed E-state index contributed by atoms with van der Waals surface area (Å²) in [5, 5.41) is 0. The molecule has 1 fully saturated rings. The van der Waals surface area contributed by atoms with Crippen LogP contribution in [0.3, 0.4) is 0 Å². The van der Waals surface area contributed by atoms with Gasteiger partial charge in [-0.25, -0.2) is 8.42 Å². The SMILES string of the molecule is COc1ccc(C)cc1S(=O)(=O)N1CCC(N)C1. The van der Waals surface area contributed by atoms with E-state index in [9.17, 15) is 8.42 Å². The number of nitrogens with two attached hydrogens (primary N) is 1. The minimum absolute atomic E-state index is 0.0735. The number of methoxy groups -OCH3 is 1. The summed E-state index contributed by atoms with van der Waals surface area (Å²) >= 11 is 0. The molecule has 0 saturated carbocycles. The lowest BCUT2D eigenvalue weighted by molar-refractivity contribution is 0.398. The van der Waals surface area contributed by atoms with E-state index in [1.165, 1.54) is 11.4 Å². The van der Waals surface area contributed by atoms with Crippen molar-refractivity contribution < 1.29 is 13.2 Å². The average molecular weight is 270 g/mol. The number of hydrogen-bond donors (Lipinski definition) is 1. The van der Waals surface area contributed by atoms with Gasteiger partial charge in [0.2, 0.25) is 10.0 Å². The summed E-state index contributed by atoms with van der Waals surface area (Å²) in [6.07, 6.45) is 0.702. The molecule has 0 amide bonds. The molecule has 1 aromatic carbocycles. The van der Waals surface area contributed by atoms with Crippen LogP contribution in [0.25, 0.3) is 0 Å². The Hall–Kier alpha value is -1.11. The molecule has 0 aromatic heterocycles. The average Bonchev–Trinajstić information content (AvgIpc) is 2.76. The molecule has 0 bridgehead atoms. The van der Waals surface area contributed by atoms with E-state index in [4.69, 9.17) is 10.5 Å². The van der Waals surface area contributed by atoms with Gasteiger partial charge < -0.3 is 10.5 Å². The first-order valence-electron chi connectivity index (χ1n) is 5.85. The van der Waals surface area contributed by atoms with Crippen LogP contribution in [-0.2, 0) is 10.0 Å². The molecular weight excluding hydrogens is 252 g/mol. The van der Waals surface area contributed by atoms with Gasteiger partial charge in [-0.2, -0.15) is 4.31 Å². The molecule has 1 aliphatic rings. The summed E-state index contributed by atoms with van der Waals surface area (Å²) in [6.45, 7) is 2.70. The van der Waals surface area contributed by atoms with Gasteiger partial charge in [-0.1, -0.05) is 6.07 Å². The van der Waals surface area contributed by atoms with Crippen molar-refractivity contribution in [3.05, 3.63) is 23.8 Å². The molecule has 100 valence electrons. The van der Waals surface area contributed by atoms with Gasteiger partial charge in [0.1, 0.15) is 10.6 Å². The van der Waals surface area contributed by atoms with Crippen LogP contribution in [0.5, 0.6) is 5.75 Å². The Morgan fingerprint density at radius 3 is 2.72 bits per heavy atom. The third kappa shape index (κ3) is 2.36. The number of hydrogen-bond acceptors (Lipinski definition) is 4. The Morgan fingerprint density at radius 1 is 1.44 bits per heavy atom. The van der Waals surface area contributed by atoms with Crippen molar-refractivity contribution in [3.63, 3.8) is 0 Å². The van der Waals surface area contributed by atoms with Crippen molar-refractivity contribution in [1.82, 2.24) is 4.31 Å². The third-order valence-corrected chi connectivity index (χ3v) is 5.01. The smallest absolute Gasteiger partial charge is 0.246 e. The van der Waals surface area contributed by atoms with Crippen LogP contribution < -0.4 is 10.5 Å². The number of sulfonamides is 1. The Balaban J connectivity index is 2.43. The second-order valence-electron chi connectivity index (χ2n) is 4.57. The van der Waals surface area contributed by atoms with E-state index >= 15 is 0 Å². The van der Waals surface area contributed by atoms with Gasteiger partial charge in [0.05, 0.1) is 7.11 Å². The maximum absolute atomic E-state index is 12.5. The highest BCUT2D eigenvalue weighted by molar-refractivity contribution is 7.89. The summed E-state index contributed by atoms with van der Waals surface area (Å²) in [5.41, 5.74) is 6.65. The number of benzene rings is 1. The number of nitrogens with zero attached hydrogens (tertiary/aromatic N) is 1. The van der Waals surface area contributed by atoms with Crippen molar-refractivity contribution in [2.24, 2.45) is 5.73 Å².